The molecule has 3 aromatic rings. The highest BCUT2D eigenvalue weighted by Gasteiger charge is 2.30. The van der Waals surface area contributed by atoms with E-state index in [1.165, 1.54) is 43.5 Å². The summed E-state index contributed by atoms with van der Waals surface area (Å²) >= 11 is 12.4. The number of carbonyl (C=O) groups excluding carboxylic acids is 1. The Morgan fingerprint density at radius 3 is 2.44 bits per heavy atom. The second-order valence-corrected chi connectivity index (χ2v) is 9.64. The smallest absolute Gasteiger partial charge is 0.257 e. The number of carbonyl (C=O) groups is 1. The standard InChI is InChI=1S/C26H27Cl2N2O.BrH/c27-22-13-12-21(15-23(22)28)24-16-29(26-7-4-14-30(24)26)17-25(31)20-10-8-19(9-11-20)18-5-2-1-3-6-18;/h8-13,15-16,18H,1-7,14,17H2;1H/q+1;/p-1. The minimum atomic E-state index is 0. The minimum absolute atomic E-state index is 0. The molecule has 1 aliphatic carbocycles. The molecular formula is C26H27BrCl2N2O. The first-order valence-corrected chi connectivity index (χ1v) is 12.1. The van der Waals surface area contributed by atoms with Crippen molar-refractivity contribution >= 4 is 29.0 Å². The predicted molar refractivity (Wildman–Crippen MR) is 125 cm³/mol. The minimum Gasteiger partial charge on any atom is -1.00 e. The Morgan fingerprint density at radius 1 is 0.969 bits per heavy atom. The van der Waals surface area contributed by atoms with Gasteiger partial charge in [-0.25, -0.2) is 9.13 Å². The lowest BCUT2D eigenvalue weighted by atomic mass is 9.84. The Bertz CT molecular complexity index is 1120. The Morgan fingerprint density at radius 2 is 1.72 bits per heavy atom. The molecular weight excluding hydrogens is 507 g/mol. The molecule has 3 nitrogen and oxygen atoms in total. The van der Waals surface area contributed by atoms with Crippen LogP contribution in [0.25, 0.3) is 11.3 Å². The Balaban J connectivity index is 0.00000245. The third-order valence-corrected chi connectivity index (χ3v) is 7.57. The number of ketones is 1. The fourth-order valence-electron chi connectivity index (χ4n) is 5.16. The largest absolute Gasteiger partial charge is 1.00 e. The van der Waals surface area contributed by atoms with Crippen molar-refractivity contribution in [2.45, 2.75) is 64.0 Å². The molecule has 0 unspecified atom stereocenters. The van der Waals surface area contributed by atoms with Gasteiger partial charge in [-0.2, -0.15) is 0 Å². The molecule has 0 N–H and O–H groups in total. The van der Waals surface area contributed by atoms with E-state index in [9.17, 15) is 4.79 Å². The summed E-state index contributed by atoms with van der Waals surface area (Å²) in [7, 11) is 0. The fourth-order valence-corrected chi connectivity index (χ4v) is 5.45. The topological polar surface area (TPSA) is 25.9 Å². The molecule has 1 aliphatic heterocycles. The lowest BCUT2D eigenvalue weighted by molar-refractivity contribution is -0.689. The molecule has 1 aromatic heterocycles. The first-order chi connectivity index (χ1) is 15.1. The van der Waals surface area contributed by atoms with E-state index in [2.05, 4.69) is 27.5 Å². The lowest BCUT2D eigenvalue weighted by Crippen LogP contribution is -3.00. The van der Waals surface area contributed by atoms with Crippen molar-refractivity contribution in [3.63, 3.8) is 0 Å². The summed E-state index contributed by atoms with van der Waals surface area (Å²) < 4.78 is 4.42. The molecule has 1 fully saturated rings. The predicted octanol–water partition coefficient (Wildman–Crippen LogP) is 3.63. The van der Waals surface area contributed by atoms with Crippen LogP contribution >= 0.6 is 23.2 Å². The third kappa shape index (κ3) is 4.69. The molecule has 0 amide bonds. The first kappa shape index (κ1) is 23.5. The van der Waals surface area contributed by atoms with Gasteiger partial charge in [0.1, 0.15) is 6.20 Å². The molecule has 0 atom stereocenters. The fraction of sp³-hybridized carbons (Fsp3) is 0.385. The molecule has 6 heteroatoms. The Labute approximate surface area is 210 Å². The zero-order valence-corrected chi connectivity index (χ0v) is 21.1. The highest BCUT2D eigenvalue weighted by atomic mass is 79.9. The van der Waals surface area contributed by atoms with Gasteiger partial charge in [0.2, 0.25) is 5.78 Å². The lowest BCUT2D eigenvalue weighted by Gasteiger charge is -2.21. The molecule has 5 rings (SSSR count). The molecule has 1 saturated carbocycles. The SMILES string of the molecule is O=C(C[n+]1cc(-c2ccc(Cl)c(Cl)c2)n2c1CCC2)c1ccc(C2CCCCC2)cc1.[Br-]. The van der Waals surface area contributed by atoms with E-state index in [0.29, 0.717) is 22.5 Å². The van der Waals surface area contributed by atoms with Gasteiger partial charge < -0.3 is 17.0 Å². The van der Waals surface area contributed by atoms with Crippen molar-refractivity contribution in [3.05, 3.63) is 75.7 Å². The van der Waals surface area contributed by atoms with E-state index >= 15 is 0 Å². The van der Waals surface area contributed by atoms with E-state index in [1.54, 1.807) is 0 Å². The number of halogens is 3. The van der Waals surface area contributed by atoms with Crippen molar-refractivity contribution < 1.29 is 26.3 Å². The normalized spacial score (nSPS) is 15.9. The van der Waals surface area contributed by atoms with Crippen LogP contribution in [0, 0.1) is 0 Å². The van der Waals surface area contributed by atoms with Gasteiger partial charge in [0.25, 0.3) is 5.82 Å². The van der Waals surface area contributed by atoms with Crippen LogP contribution in [0.3, 0.4) is 0 Å². The van der Waals surface area contributed by atoms with Gasteiger partial charge in [-0.1, -0.05) is 66.7 Å². The van der Waals surface area contributed by atoms with Gasteiger partial charge in [0.05, 0.1) is 23.0 Å². The number of imidazole rings is 1. The number of aromatic nitrogens is 2. The van der Waals surface area contributed by atoms with Crippen LogP contribution in [0.15, 0.2) is 48.7 Å². The highest BCUT2D eigenvalue weighted by molar-refractivity contribution is 6.42. The zero-order valence-electron chi connectivity index (χ0n) is 18.0. The molecule has 2 aliphatic rings. The average molecular weight is 534 g/mol. The van der Waals surface area contributed by atoms with Crippen LogP contribution in [0.5, 0.6) is 0 Å². The van der Waals surface area contributed by atoms with Crippen molar-refractivity contribution in [1.29, 1.82) is 0 Å². The van der Waals surface area contributed by atoms with Crippen LogP contribution in [0.2, 0.25) is 10.0 Å². The van der Waals surface area contributed by atoms with Gasteiger partial charge >= 0.3 is 0 Å². The Kier molecular flexibility index (Phi) is 7.44. The molecule has 0 saturated heterocycles. The van der Waals surface area contributed by atoms with Gasteiger partial charge in [-0.15, -0.1) is 0 Å². The summed E-state index contributed by atoms with van der Waals surface area (Å²) in [5.74, 6) is 2.02. The van der Waals surface area contributed by atoms with E-state index in [1.807, 2.05) is 30.3 Å². The second kappa shape index (κ2) is 10.1. The summed E-state index contributed by atoms with van der Waals surface area (Å²) in [6, 6.07) is 14.1. The molecule has 0 spiro atoms. The van der Waals surface area contributed by atoms with Crippen molar-refractivity contribution in [2.75, 3.05) is 0 Å². The number of hydrogen-bond donors (Lipinski definition) is 0. The van der Waals surface area contributed by atoms with Gasteiger partial charge in [-0.05, 0) is 48.9 Å². The van der Waals surface area contributed by atoms with Crippen LogP contribution in [-0.2, 0) is 19.5 Å². The van der Waals surface area contributed by atoms with E-state index in [0.717, 1.165) is 36.2 Å². The number of nitrogens with zero attached hydrogens (tertiary/aromatic N) is 2. The van der Waals surface area contributed by atoms with Crippen LogP contribution in [0.4, 0.5) is 0 Å². The van der Waals surface area contributed by atoms with Gasteiger partial charge in [-0.3, -0.25) is 4.79 Å². The maximum atomic E-state index is 13.1. The highest BCUT2D eigenvalue weighted by Crippen LogP contribution is 2.33. The van der Waals surface area contributed by atoms with Crippen molar-refractivity contribution in [1.82, 2.24) is 4.57 Å². The number of Topliss-reactive ketones (excluding diaryl/α,β-unsaturated/α-hetero) is 1. The van der Waals surface area contributed by atoms with Crippen LogP contribution < -0.4 is 21.5 Å². The van der Waals surface area contributed by atoms with Gasteiger partial charge in [0, 0.05) is 11.1 Å². The van der Waals surface area contributed by atoms with Crippen molar-refractivity contribution in [3.8, 4) is 11.3 Å². The quantitative estimate of drug-likeness (QED) is 0.363. The van der Waals surface area contributed by atoms with E-state index in [4.69, 9.17) is 23.2 Å². The Hall–Kier alpha value is -1.62. The maximum absolute atomic E-state index is 13.1. The summed E-state index contributed by atoms with van der Waals surface area (Å²) in [5.41, 5.74) is 4.30. The molecule has 32 heavy (non-hydrogen) atoms. The number of fused-ring (bicyclic) bond motifs is 1. The average Bonchev–Trinajstić information content (AvgIpc) is 3.40. The summed E-state index contributed by atoms with van der Waals surface area (Å²) in [5, 5.41) is 1.10. The van der Waals surface area contributed by atoms with Gasteiger partial charge in [0.15, 0.2) is 12.2 Å². The van der Waals surface area contributed by atoms with Crippen molar-refractivity contribution in [2.24, 2.45) is 0 Å². The van der Waals surface area contributed by atoms with E-state index < -0.39 is 0 Å². The first-order valence-electron chi connectivity index (χ1n) is 11.3. The van der Waals surface area contributed by atoms with E-state index in [-0.39, 0.29) is 22.8 Å². The number of benzene rings is 2. The summed E-state index contributed by atoms with van der Waals surface area (Å²) in [4.78, 5) is 13.1. The van der Waals surface area contributed by atoms with Crippen LogP contribution in [0.1, 0.15) is 66.2 Å². The summed E-state index contributed by atoms with van der Waals surface area (Å²) in [6.45, 7) is 1.32. The molecule has 2 heterocycles. The second-order valence-electron chi connectivity index (χ2n) is 8.82. The molecule has 168 valence electrons. The monoisotopic (exact) mass is 532 g/mol. The maximum Gasteiger partial charge on any atom is 0.257 e. The molecule has 0 bridgehead atoms. The van der Waals surface area contributed by atoms with Crippen LogP contribution in [-0.4, -0.2) is 10.4 Å². The number of rotatable bonds is 5. The third-order valence-electron chi connectivity index (χ3n) is 6.83. The molecule has 2 aromatic carbocycles. The number of hydrogen-bond acceptors (Lipinski definition) is 1. The summed E-state index contributed by atoms with van der Waals surface area (Å²) in [6.07, 6.45) is 10.7. The molecule has 0 radical (unpaired) electrons. The zero-order chi connectivity index (χ0) is 21.4.